The quantitative estimate of drug-likeness (QED) is 0.697. The summed E-state index contributed by atoms with van der Waals surface area (Å²) in [5.41, 5.74) is 1.95. The van der Waals surface area contributed by atoms with Crippen molar-refractivity contribution in [2.24, 2.45) is 13.0 Å². The van der Waals surface area contributed by atoms with E-state index in [1.54, 1.807) is 11.6 Å². The number of aromatic nitrogens is 4. The second-order valence-electron chi connectivity index (χ2n) is 9.00. The highest BCUT2D eigenvalue weighted by molar-refractivity contribution is 7.89. The molecule has 2 fully saturated rings. The van der Waals surface area contributed by atoms with Gasteiger partial charge in [0.15, 0.2) is 5.03 Å². The summed E-state index contributed by atoms with van der Waals surface area (Å²) in [5.74, 6) is 1.99. The van der Waals surface area contributed by atoms with Crippen LogP contribution in [0, 0.1) is 12.8 Å². The minimum absolute atomic E-state index is 0.0689. The van der Waals surface area contributed by atoms with Crippen LogP contribution in [0.25, 0.3) is 0 Å². The van der Waals surface area contributed by atoms with Gasteiger partial charge in [-0.25, -0.2) is 23.4 Å². The molecule has 5 rings (SSSR count). The fourth-order valence-corrected chi connectivity index (χ4v) is 6.05. The minimum atomic E-state index is -3.66. The molecule has 0 unspecified atom stereocenters. The second-order valence-corrected chi connectivity index (χ2v) is 10.9. The monoisotopic (exact) mass is 444 g/mol. The molecule has 0 aromatic carbocycles. The number of hydrogen-bond acceptors (Lipinski definition) is 6. The fraction of sp³-hybridized carbons (Fsp3) is 0.619. The number of piperidine rings is 1. The maximum absolute atomic E-state index is 13.1. The smallest absolute Gasteiger partial charge is 0.262 e. The number of anilines is 1. The Hall–Kier alpha value is -2.33. The van der Waals surface area contributed by atoms with Gasteiger partial charge in [-0.1, -0.05) is 0 Å². The van der Waals surface area contributed by atoms with E-state index in [4.69, 9.17) is 9.97 Å². The summed E-state index contributed by atoms with van der Waals surface area (Å²) in [4.78, 5) is 28.1. The third-order valence-corrected chi connectivity index (χ3v) is 8.28. The van der Waals surface area contributed by atoms with Crippen molar-refractivity contribution in [3.63, 3.8) is 0 Å². The molecule has 2 aromatic rings. The Morgan fingerprint density at radius 1 is 1.16 bits per heavy atom. The predicted octanol–water partition coefficient (Wildman–Crippen LogP) is 1.78. The Morgan fingerprint density at radius 2 is 1.97 bits per heavy atom. The van der Waals surface area contributed by atoms with Crippen molar-refractivity contribution < 1.29 is 13.2 Å². The van der Waals surface area contributed by atoms with Crippen molar-refractivity contribution in [3.8, 4) is 0 Å². The van der Waals surface area contributed by atoms with Gasteiger partial charge in [0.25, 0.3) is 10.0 Å². The van der Waals surface area contributed by atoms with Gasteiger partial charge in [-0.2, -0.15) is 4.31 Å². The Labute approximate surface area is 182 Å². The van der Waals surface area contributed by atoms with E-state index in [1.807, 2.05) is 11.8 Å². The number of fused-ring (bicyclic) bond motifs is 1. The first kappa shape index (κ1) is 20.6. The van der Waals surface area contributed by atoms with Crippen LogP contribution >= 0.6 is 0 Å². The Bertz CT molecular complexity index is 1120. The van der Waals surface area contributed by atoms with Crippen LogP contribution in [0.5, 0.6) is 0 Å². The standard InChI is InChI=1S/C21H28N6O3S/c1-14-17-7-8-19(28)27(10-15-5-6-15)21(17)24-20(23-14)16-4-3-9-26(11-16)31(29,30)18-12-25(2)13-22-18/h12-13,15-16H,3-11H2,1-2H3/t16-/m1/s1. The largest absolute Gasteiger partial charge is 0.339 e. The van der Waals surface area contributed by atoms with Crippen molar-refractivity contribution in [1.82, 2.24) is 23.8 Å². The molecule has 0 N–H and O–H groups in total. The number of carbonyl (C=O) groups excluding carboxylic acids is 1. The molecular weight excluding hydrogens is 416 g/mol. The molecule has 0 spiro atoms. The summed E-state index contributed by atoms with van der Waals surface area (Å²) >= 11 is 0. The predicted molar refractivity (Wildman–Crippen MR) is 114 cm³/mol. The molecular formula is C21H28N6O3S. The van der Waals surface area contributed by atoms with E-state index in [0.29, 0.717) is 37.7 Å². The Kier molecular flexibility index (Phi) is 5.09. The van der Waals surface area contributed by atoms with Gasteiger partial charge in [0.05, 0.1) is 6.33 Å². The number of amides is 1. The zero-order valence-corrected chi connectivity index (χ0v) is 18.8. The third kappa shape index (κ3) is 3.87. The van der Waals surface area contributed by atoms with Gasteiger partial charge in [0, 0.05) is 56.5 Å². The lowest BCUT2D eigenvalue weighted by atomic mass is 9.97. The van der Waals surface area contributed by atoms with E-state index in [1.165, 1.54) is 29.7 Å². The highest BCUT2D eigenvalue weighted by Crippen LogP contribution is 2.36. The van der Waals surface area contributed by atoms with E-state index < -0.39 is 10.0 Å². The van der Waals surface area contributed by atoms with Crippen LogP contribution in [0.3, 0.4) is 0 Å². The van der Waals surface area contributed by atoms with Crippen molar-refractivity contribution >= 4 is 21.7 Å². The Morgan fingerprint density at radius 3 is 2.68 bits per heavy atom. The van der Waals surface area contributed by atoms with Crippen molar-refractivity contribution in [1.29, 1.82) is 0 Å². The molecule has 4 heterocycles. The first-order valence-corrected chi connectivity index (χ1v) is 12.4. The van der Waals surface area contributed by atoms with Crippen LogP contribution in [0.2, 0.25) is 0 Å². The molecule has 166 valence electrons. The summed E-state index contributed by atoms with van der Waals surface area (Å²) in [6.45, 7) is 3.49. The van der Waals surface area contributed by atoms with Crippen LogP contribution in [-0.4, -0.2) is 57.8 Å². The van der Waals surface area contributed by atoms with Crippen LogP contribution in [-0.2, 0) is 28.3 Å². The number of carbonyl (C=O) groups is 1. The van der Waals surface area contributed by atoms with E-state index in [2.05, 4.69) is 4.98 Å². The van der Waals surface area contributed by atoms with Crippen LogP contribution in [0.15, 0.2) is 17.6 Å². The molecule has 1 saturated heterocycles. The van der Waals surface area contributed by atoms with Crippen LogP contribution in [0.1, 0.15) is 55.1 Å². The number of rotatable bonds is 5. The number of sulfonamides is 1. The van der Waals surface area contributed by atoms with E-state index in [-0.39, 0.29) is 16.9 Å². The summed E-state index contributed by atoms with van der Waals surface area (Å²) in [7, 11) is -1.90. The molecule has 1 atom stereocenters. The second kappa shape index (κ2) is 7.67. The minimum Gasteiger partial charge on any atom is -0.339 e. The lowest BCUT2D eigenvalue weighted by molar-refractivity contribution is -0.119. The zero-order chi connectivity index (χ0) is 21.8. The number of imidazole rings is 1. The highest BCUT2D eigenvalue weighted by atomic mass is 32.2. The van der Waals surface area contributed by atoms with E-state index >= 15 is 0 Å². The molecule has 31 heavy (non-hydrogen) atoms. The van der Waals surface area contributed by atoms with Crippen LogP contribution < -0.4 is 4.90 Å². The molecule has 1 amide bonds. The van der Waals surface area contributed by atoms with Gasteiger partial charge in [-0.05, 0) is 44.9 Å². The van der Waals surface area contributed by atoms with Gasteiger partial charge in [-0.15, -0.1) is 0 Å². The topological polar surface area (TPSA) is 101 Å². The summed E-state index contributed by atoms with van der Waals surface area (Å²) in [6, 6.07) is 0. The van der Waals surface area contributed by atoms with Crippen molar-refractivity contribution in [2.45, 2.75) is 56.4 Å². The van der Waals surface area contributed by atoms with Gasteiger partial charge in [0.2, 0.25) is 5.91 Å². The SMILES string of the molecule is Cc1nc([C@@H]2CCCN(S(=O)(=O)c3cn(C)cn3)C2)nc2c1CCC(=O)N2CC1CC1. The Balaban J connectivity index is 1.44. The third-order valence-electron chi connectivity index (χ3n) is 6.53. The highest BCUT2D eigenvalue weighted by Gasteiger charge is 2.36. The summed E-state index contributed by atoms with van der Waals surface area (Å²) in [6.07, 6.45) is 8.09. The molecule has 0 radical (unpaired) electrons. The molecule has 0 bridgehead atoms. The normalized spacial score (nSPS) is 22.6. The average Bonchev–Trinajstić information content (AvgIpc) is 3.47. The van der Waals surface area contributed by atoms with Gasteiger partial charge in [0.1, 0.15) is 11.6 Å². The maximum atomic E-state index is 13.1. The lowest BCUT2D eigenvalue weighted by Crippen LogP contribution is -2.41. The lowest BCUT2D eigenvalue weighted by Gasteiger charge is -2.33. The first-order chi connectivity index (χ1) is 14.8. The molecule has 2 aromatic heterocycles. The number of hydrogen-bond donors (Lipinski definition) is 0. The summed E-state index contributed by atoms with van der Waals surface area (Å²) in [5, 5.41) is 0.0689. The average molecular weight is 445 g/mol. The molecule has 1 saturated carbocycles. The summed E-state index contributed by atoms with van der Waals surface area (Å²) < 4.78 is 29.2. The van der Waals surface area contributed by atoms with Crippen LogP contribution in [0.4, 0.5) is 5.82 Å². The van der Waals surface area contributed by atoms with Gasteiger partial charge < -0.3 is 4.57 Å². The van der Waals surface area contributed by atoms with E-state index in [0.717, 1.165) is 36.5 Å². The first-order valence-electron chi connectivity index (χ1n) is 11.0. The van der Waals surface area contributed by atoms with Gasteiger partial charge >= 0.3 is 0 Å². The molecule has 9 nitrogen and oxygen atoms in total. The van der Waals surface area contributed by atoms with Crippen molar-refractivity contribution in [2.75, 3.05) is 24.5 Å². The maximum Gasteiger partial charge on any atom is 0.262 e. The molecule has 10 heteroatoms. The number of nitrogens with zero attached hydrogens (tertiary/aromatic N) is 6. The molecule has 2 aliphatic heterocycles. The zero-order valence-electron chi connectivity index (χ0n) is 18.0. The van der Waals surface area contributed by atoms with Crippen molar-refractivity contribution in [3.05, 3.63) is 29.6 Å². The molecule has 1 aliphatic carbocycles. The fourth-order valence-electron chi connectivity index (χ4n) is 4.56. The van der Waals surface area contributed by atoms with E-state index in [9.17, 15) is 13.2 Å². The number of aryl methyl sites for hydroxylation is 2. The van der Waals surface area contributed by atoms with Gasteiger partial charge in [-0.3, -0.25) is 9.69 Å². The molecule has 3 aliphatic rings.